The molecule has 3 aromatic rings. The quantitative estimate of drug-likeness (QED) is 0.209. The number of anilines is 1. The van der Waals surface area contributed by atoms with Crippen molar-refractivity contribution in [1.29, 1.82) is 0 Å². The largest absolute Gasteiger partial charge is 0.444 e. The third-order valence-corrected chi connectivity index (χ3v) is 8.25. The van der Waals surface area contributed by atoms with Crippen molar-refractivity contribution < 1.29 is 29.0 Å². The molecule has 0 unspecified atom stereocenters. The van der Waals surface area contributed by atoms with Crippen molar-refractivity contribution in [1.82, 2.24) is 15.6 Å². The fraction of sp³-hybridized carbons (Fsp3) is 0.471. The second kappa shape index (κ2) is 15.0. The monoisotopic (exact) mass is 636 g/mol. The van der Waals surface area contributed by atoms with Crippen LogP contribution in [0.3, 0.4) is 0 Å². The molecule has 1 saturated carbocycles. The van der Waals surface area contributed by atoms with Crippen LogP contribution < -0.4 is 16.0 Å². The van der Waals surface area contributed by atoms with Crippen molar-refractivity contribution in [3.63, 3.8) is 0 Å². The molecule has 4 rings (SSSR count). The Hall–Kier alpha value is -3.80. The standard InChI is InChI=1S/C34H44N4O6S/c1-33(2,3)44-32(42)36-21-34(4,5)25-11-7-10-24(17-25)30(41)35-18-29(40)38-31-37-28(20-45-31)23-9-6-8-22(16-23)19-43-27-14-12-26(39)13-15-27/h6-11,16-17,20,26-27,39H,12-15,18-19,21H2,1-5H3,(H,35,41)(H,36,42)(H,37,38,40). The molecule has 0 radical (unpaired) electrons. The lowest BCUT2D eigenvalue weighted by molar-refractivity contribution is -0.115. The summed E-state index contributed by atoms with van der Waals surface area (Å²) in [5, 5.41) is 20.2. The van der Waals surface area contributed by atoms with Crippen LogP contribution in [0.5, 0.6) is 0 Å². The molecule has 0 aliphatic heterocycles. The molecule has 242 valence electrons. The van der Waals surface area contributed by atoms with E-state index in [4.69, 9.17) is 9.47 Å². The predicted octanol–water partition coefficient (Wildman–Crippen LogP) is 5.80. The number of aliphatic hydroxyl groups is 1. The molecular formula is C34H44N4O6S. The predicted molar refractivity (Wildman–Crippen MR) is 175 cm³/mol. The highest BCUT2D eigenvalue weighted by Crippen LogP contribution is 2.27. The van der Waals surface area contributed by atoms with Gasteiger partial charge in [-0.3, -0.25) is 9.59 Å². The minimum Gasteiger partial charge on any atom is -0.444 e. The molecule has 45 heavy (non-hydrogen) atoms. The number of nitrogens with zero attached hydrogens (tertiary/aromatic N) is 1. The smallest absolute Gasteiger partial charge is 0.407 e. The normalized spacial score (nSPS) is 16.9. The minimum absolute atomic E-state index is 0.169. The number of hydrogen-bond acceptors (Lipinski definition) is 8. The third-order valence-electron chi connectivity index (χ3n) is 7.49. The fourth-order valence-corrected chi connectivity index (χ4v) is 5.66. The number of thiazole rings is 1. The van der Waals surface area contributed by atoms with Gasteiger partial charge in [0.1, 0.15) is 5.60 Å². The first-order valence-corrected chi connectivity index (χ1v) is 16.2. The summed E-state index contributed by atoms with van der Waals surface area (Å²) >= 11 is 1.31. The molecule has 1 aliphatic rings. The first kappa shape index (κ1) is 34.1. The number of ether oxygens (including phenoxy) is 2. The van der Waals surface area contributed by atoms with E-state index < -0.39 is 17.1 Å². The first-order chi connectivity index (χ1) is 21.3. The van der Waals surface area contributed by atoms with E-state index >= 15 is 0 Å². The van der Waals surface area contributed by atoms with Crippen LogP contribution in [0.2, 0.25) is 0 Å². The molecule has 1 aliphatic carbocycles. The lowest BCUT2D eigenvalue weighted by Gasteiger charge is -2.27. The summed E-state index contributed by atoms with van der Waals surface area (Å²) < 4.78 is 11.4. The number of rotatable bonds is 11. The van der Waals surface area contributed by atoms with E-state index in [9.17, 15) is 19.5 Å². The topological polar surface area (TPSA) is 139 Å². The van der Waals surface area contributed by atoms with E-state index in [2.05, 4.69) is 20.9 Å². The van der Waals surface area contributed by atoms with Crippen LogP contribution in [0.1, 0.15) is 81.8 Å². The van der Waals surface area contributed by atoms with Gasteiger partial charge in [-0.1, -0.05) is 44.2 Å². The van der Waals surface area contributed by atoms with E-state index in [1.165, 1.54) is 11.3 Å². The first-order valence-electron chi connectivity index (χ1n) is 15.3. The number of nitrogens with one attached hydrogen (secondary N) is 3. The Bertz CT molecular complexity index is 1470. The maximum atomic E-state index is 12.9. The summed E-state index contributed by atoms with van der Waals surface area (Å²) in [5.74, 6) is -0.770. The van der Waals surface area contributed by atoms with Gasteiger partial charge >= 0.3 is 6.09 Å². The molecule has 1 fully saturated rings. The number of benzene rings is 2. The molecular weight excluding hydrogens is 592 g/mol. The molecule has 0 bridgehead atoms. The summed E-state index contributed by atoms with van der Waals surface area (Å²) in [7, 11) is 0. The lowest BCUT2D eigenvalue weighted by Crippen LogP contribution is -2.40. The Morgan fingerprint density at radius 1 is 0.978 bits per heavy atom. The number of aliphatic hydroxyl groups excluding tert-OH is 1. The molecule has 1 aromatic heterocycles. The van der Waals surface area contributed by atoms with E-state index in [1.807, 2.05) is 49.6 Å². The third kappa shape index (κ3) is 10.7. The van der Waals surface area contributed by atoms with Gasteiger partial charge in [-0.15, -0.1) is 11.3 Å². The van der Waals surface area contributed by atoms with Crippen LogP contribution in [0.15, 0.2) is 53.9 Å². The van der Waals surface area contributed by atoms with Crippen molar-refractivity contribution in [2.24, 2.45) is 0 Å². The van der Waals surface area contributed by atoms with Gasteiger partial charge in [0, 0.05) is 28.5 Å². The maximum Gasteiger partial charge on any atom is 0.407 e. The molecule has 4 N–H and O–H groups in total. The number of alkyl carbamates (subject to hydrolysis) is 1. The molecule has 1 heterocycles. The molecule has 10 nitrogen and oxygen atoms in total. The number of hydrogen-bond donors (Lipinski definition) is 4. The summed E-state index contributed by atoms with van der Waals surface area (Å²) in [6.45, 7) is 9.93. The van der Waals surface area contributed by atoms with Crippen molar-refractivity contribution >= 4 is 34.4 Å². The van der Waals surface area contributed by atoms with Crippen LogP contribution in [-0.4, -0.2) is 58.9 Å². The zero-order valence-electron chi connectivity index (χ0n) is 26.6. The highest BCUT2D eigenvalue weighted by atomic mass is 32.1. The molecule has 11 heteroatoms. The second-order valence-corrected chi connectivity index (χ2v) is 13.9. The average Bonchev–Trinajstić information content (AvgIpc) is 3.46. The highest BCUT2D eigenvalue weighted by Gasteiger charge is 2.25. The Labute approximate surface area is 268 Å². The van der Waals surface area contributed by atoms with Gasteiger partial charge in [-0.2, -0.15) is 0 Å². The summed E-state index contributed by atoms with van der Waals surface area (Å²) in [6.07, 6.45) is 2.77. The molecule has 0 atom stereocenters. The van der Waals surface area contributed by atoms with Gasteiger partial charge in [0.05, 0.1) is 31.1 Å². The van der Waals surface area contributed by atoms with Gasteiger partial charge in [-0.05, 0) is 75.8 Å². The van der Waals surface area contributed by atoms with E-state index in [-0.39, 0.29) is 30.6 Å². The van der Waals surface area contributed by atoms with Crippen LogP contribution in [0.25, 0.3) is 11.3 Å². The van der Waals surface area contributed by atoms with Crippen molar-refractivity contribution in [2.75, 3.05) is 18.4 Å². The average molecular weight is 637 g/mol. The molecule has 0 saturated heterocycles. The van der Waals surface area contributed by atoms with Crippen molar-refractivity contribution in [3.05, 3.63) is 70.6 Å². The van der Waals surface area contributed by atoms with Crippen LogP contribution in [0.4, 0.5) is 9.93 Å². The molecule has 0 spiro atoms. The fourth-order valence-electron chi connectivity index (χ4n) is 4.93. The Morgan fingerprint density at radius 3 is 2.44 bits per heavy atom. The summed E-state index contributed by atoms with van der Waals surface area (Å²) in [4.78, 5) is 42.2. The van der Waals surface area contributed by atoms with Gasteiger partial charge in [0.2, 0.25) is 5.91 Å². The maximum absolute atomic E-state index is 12.9. The van der Waals surface area contributed by atoms with Gasteiger partial charge in [0.25, 0.3) is 5.91 Å². The zero-order chi connectivity index (χ0) is 32.6. The summed E-state index contributed by atoms with van der Waals surface area (Å²) in [6, 6.07) is 15.1. The van der Waals surface area contributed by atoms with Crippen LogP contribution >= 0.6 is 11.3 Å². The molecule has 3 amide bonds. The number of carbonyl (C=O) groups excluding carboxylic acids is 3. The summed E-state index contributed by atoms with van der Waals surface area (Å²) in [5.41, 5.74) is 2.89. The van der Waals surface area contributed by atoms with Crippen molar-refractivity contribution in [2.45, 2.75) is 90.1 Å². The zero-order valence-corrected chi connectivity index (χ0v) is 27.5. The Morgan fingerprint density at radius 2 is 1.71 bits per heavy atom. The van der Waals surface area contributed by atoms with Gasteiger partial charge < -0.3 is 30.5 Å². The second-order valence-electron chi connectivity index (χ2n) is 13.0. The number of aromatic nitrogens is 1. The highest BCUT2D eigenvalue weighted by molar-refractivity contribution is 7.14. The SMILES string of the molecule is CC(C)(C)OC(=O)NCC(C)(C)c1cccc(C(=O)NCC(=O)Nc2nc(-c3cccc(COC4CCC(O)CC4)c3)cs2)c1. The van der Waals surface area contributed by atoms with Gasteiger partial charge in [0.15, 0.2) is 5.13 Å². The van der Waals surface area contributed by atoms with Crippen molar-refractivity contribution in [3.8, 4) is 11.3 Å². The molecule has 2 aromatic carbocycles. The van der Waals surface area contributed by atoms with Gasteiger partial charge in [-0.25, -0.2) is 9.78 Å². The Balaban J connectivity index is 1.26. The van der Waals surface area contributed by atoms with E-state index in [0.29, 0.717) is 23.8 Å². The number of carbonyl (C=O) groups is 3. The van der Waals surface area contributed by atoms with Crippen LogP contribution in [-0.2, 0) is 26.3 Å². The Kier molecular flexibility index (Phi) is 11.4. The lowest BCUT2D eigenvalue weighted by atomic mass is 9.84. The van der Waals surface area contributed by atoms with E-state index in [0.717, 1.165) is 48.1 Å². The van der Waals surface area contributed by atoms with Crippen LogP contribution in [0, 0.1) is 0 Å². The number of amides is 3. The van der Waals surface area contributed by atoms with E-state index in [1.54, 1.807) is 39.0 Å². The minimum atomic E-state index is -0.594.